The molecule has 1 fully saturated rings. The van der Waals surface area contributed by atoms with Gasteiger partial charge in [-0.3, -0.25) is 10.2 Å². The molecule has 1 N–H and O–H groups in total. The second-order valence-corrected chi connectivity index (χ2v) is 3.39. The average Bonchev–Trinajstić information content (AvgIpc) is 2.21. The van der Waals surface area contributed by atoms with Crippen molar-refractivity contribution in [3.8, 4) is 0 Å². The molecule has 1 amide bonds. The monoisotopic (exact) mass is 198 g/mol. The Labute approximate surface area is 84.9 Å². The van der Waals surface area contributed by atoms with Crippen LogP contribution in [-0.4, -0.2) is 36.7 Å². The number of amides is 1. The fourth-order valence-electron chi connectivity index (χ4n) is 1.56. The minimum Gasteiger partial charge on any atom is -0.378 e. The van der Waals surface area contributed by atoms with Gasteiger partial charge in [0.2, 0.25) is 0 Å². The zero-order valence-corrected chi connectivity index (χ0v) is 8.66. The fraction of sp³-hybridized carbons (Fsp3) is 0.700. The van der Waals surface area contributed by atoms with Crippen LogP contribution in [0.3, 0.4) is 0 Å². The number of carbonyl (C=O) groups excluding carboxylic acids is 1. The first-order valence-corrected chi connectivity index (χ1v) is 5.05. The molecule has 0 saturated carbocycles. The van der Waals surface area contributed by atoms with Crippen LogP contribution in [0.15, 0.2) is 12.7 Å². The van der Waals surface area contributed by atoms with Gasteiger partial charge in [-0.15, -0.1) is 0 Å². The van der Waals surface area contributed by atoms with Gasteiger partial charge < -0.3 is 4.74 Å². The number of hydrogen-bond donors (Lipinski definition) is 1. The van der Waals surface area contributed by atoms with Gasteiger partial charge in [-0.05, 0) is 12.5 Å². The number of hydrazine groups is 1. The molecule has 1 heterocycles. The van der Waals surface area contributed by atoms with E-state index in [-0.39, 0.29) is 5.91 Å². The van der Waals surface area contributed by atoms with Crippen molar-refractivity contribution in [1.82, 2.24) is 10.4 Å². The van der Waals surface area contributed by atoms with Crippen molar-refractivity contribution in [1.29, 1.82) is 0 Å². The highest BCUT2D eigenvalue weighted by Crippen LogP contribution is 2.09. The molecule has 0 aromatic heterocycles. The van der Waals surface area contributed by atoms with Gasteiger partial charge in [0, 0.05) is 6.54 Å². The van der Waals surface area contributed by atoms with E-state index in [0.717, 1.165) is 19.4 Å². The van der Waals surface area contributed by atoms with Crippen LogP contribution < -0.4 is 5.43 Å². The number of carbonyl (C=O) groups is 1. The summed E-state index contributed by atoms with van der Waals surface area (Å²) in [5.74, 6) is -0.145. The van der Waals surface area contributed by atoms with Gasteiger partial charge in [0.1, 0.15) is 0 Å². The number of rotatable bonds is 4. The maximum absolute atomic E-state index is 11.1. The first-order valence-electron chi connectivity index (χ1n) is 5.05. The largest absolute Gasteiger partial charge is 0.378 e. The van der Waals surface area contributed by atoms with Crippen LogP contribution in [0.4, 0.5) is 0 Å². The highest BCUT2D eigenvalue weighted by atomic mass is 16.5. The standard InChI is InChI=1S/C10H18N2O2/c1-3-5-9-8-14-7-6-12(9)11-10(13)4-2/h4,9H,2-3,5-8H2,1H3,(H,11,13). The van der Waals surface area contributed by atoms with Gasteiger partial charge >= 0.3 is 0 Å². The summed E-state index contributed by atoms with van der Waals surface area (Å²) in [5, 5.41) is 1.96. The summed E-state index contributed by atoms with van der Waals surface area (Å²) < 4.78 is 5.36. The summed E-state index contributed by atoms with van der Waals surface area (Å²) in [7, 11) is 0. The van der Waals surface area contributed by atoms with Crippen molar-refractivity contribution in [2.45, 2.75) is 25.8 Å². The Balaban J connectivity index is 2.44. The molecule has 80 valence electrons. The third kappa shape index (κ3) is 3.12. The topological polar surface area (TPSA) is 41.6 Å². The summed E-state index contributed by atoms with van der Waals surface area (Å²) in [5.41, 5.74) is 2.80. The maximum Gasteiger partial charge on any atom is 0.257 e. The lowest BCUT2D eigenvalue weighted by Crippen LogP contribution is -2.54. The number of hydrogen-bond acceptors (Lipinski definition) is 3. The van der Waals surface area contributed by atoms with E-state index in [9.17, 15) is 4.79 Å². The molecule has 4 nitrogen and oxygen atoms in total. The van der Waals surface area contributed by atoms with Crippen LogP contribution >= 0.6 is 0 Å². The van der Waals surface area contributed by atoms with E-state index >= 15 is 0 Å². The average molecular weight is 198 g/mol. The number of morpholine rings is 1. The minimum atomic E-state index is -0.145. The van der Waals surface area contributed by atoms with Gasteiger partial charge in [0.15, 0.2) is 0 Å². The molecular weight excluding hydrogens is 180 g/mol. The third-order valence-electron chi connectivity index (χ3n) is 2.29. The first-order chi connectivity index (χ1) is 6.77. The van der Waals surface area contributed by atoms with Gasteiger partial charge in [0.25, 0.3) is 5.91 Å². The van der Waals surface area contributed by atoms with Gasteiger partial charge in [-0.1, -0.05) is 19.9 Å². The lowest BCUT2D eigenvalue weighted by molar-refractivity contribution is -0.126. The summed E-state index contributed by atoms with van der Waals surface area (Å²) in [6.45, 7) is 7.69. The Hall–Kier alpha value is -0.870. The molecule has 14 heavy (non-hydrogen) atoms. The quantitative estimate of drug-likeness (QED) is 0.676. The Morgan fingerprint density at radius 3 is 3.21 bits per heavy atom. The highest BCUT2D eigenvalue weighted by Gasteiger charge is 2.22. The molecule has 0 aliphatic carbocycles. The SMILES string of the molecule is C=CC(=O)NN1CCOCC1CCC. The highest BCUT2D eigenvalue weighted by molar-refractivity contribution is 5.86. The van der Waals surface area contributed by atoms with Crippen LogP contribution in [0.5, 0.6) is 0 Å². The predicted octanol–water partition coefficient (Wildman–Crippen LogP) is 0.704. The van der Waals surface area contributed by atoms with Crippen LogP contribution in [-0.2, 0) is 9.53 Å². The Bertz CT molecular complexity index is 204. The van der Waals surface area contributed by atoms with Crippen LogP contribution in [0.25, 0.3) is 0 Å². The smallest absolute Gasteiger partial charge is 0.257 e. The van der Waals surface area contributed by atoms with Crippen LogP contribution in [0.2, 0.25) is 0 Å². The molecule has 0 aromatic rings. The Kier molecular flexibility index (Phi) is 4.62. The van der Waals surface area contributed by atoms with Crippen molar-refractivity contribution in [3.63, 3.8) is 0 Å². The van der Waals surface area contributed by atoms with Crippen molar-refractivity contribution in [2.75, 3.05) is 19.8 Å². The van der Waals surface area contributed by atoms with Gasteiger partial charge in [-0.25, -0.2) is 5.01 Å². The summed E-state index contributed by atoms with van der Waals surface area (Å²) >= 11 is 0. The molecule has 0 spiro atoms. The molecule has 0 radical (unpaired) electrons. The molecule has 0 aromatic carbocycles. The van der Waals surface area contributed by atoms with Crippen LogP contribution in [0.1, 0.15) is 19.8 Å². The number of nitrogens with zero attached hydrogens (tertiary/aromatic N) is 1. The maximum atomic E-state index is 11.1. The normalized spacial score (nSPS) is 23.1. The van der Waals surface area contributed by atoms with Gasteiger partial charge in [-0.2, -0.15) is 0 Å². The molecule has 1 rings (SSSR count). The number of ether oxygens (including phenoxy) is 1. The Morgan fingerprint density at radius 1 is 1.79 bits per heavy atom. The van der Waals surface area contributed by atoms with E-state index in [1.54, 1.807) is 0 Å². The molecule has 0 bridgehead atoms. The molecule has 1 unspecified atom stereocenters. The zero-order chi connectivity index (χ0) is 10.4. The van der Waals surface area contributed by atoms with Crippen molar-refractivity contribution >= 4 is 5.91 Å². The lowest BCUT2D eigenvalue weighted by Gasteiger charge is -2.35. The summed E-state index contributed by atoms with van der Waals surface area (Å²) in [6, 6.07) is 0.303. The summed E-state index contributed by atoms with van der Waals surface area (Å²) in [4.78, 5) is 11.1. The van der Waals surface area contributed by atoms with E-state index in [0.29, 0.717) is 19.3 Å². The number of nitrogens with one attached hydrogen (secondary N) is 1. The van der Waals surface area contributed by atoms with E-state index in [1.165, 1.54) is 6.08 Å². The third-order valence-corrected chi connectivity index (χ3v) is 2.29. The lowest BCUT2D eigenvalue weighted by atomic mass is 10.1. The van der Waals surface area contributed by atoms with Gasteiger partial charge in [0.05, 0.1) is 19.3 Å². The molecule has 1 aliphatic heterocycles. The van der Waals surface area contributed by atoms with Crippen LogP contribution in [0, 0.1) is 0 Å². The van der Waals surface area contributed by atoms with Crippen molar-refractivity contribution < 1.29 is 9.53 Å². The molecule has 4 heteroatoms. The molecule has 1 saturated heterocycles. The zero-order valence-electron chi connectivity index (χ0n) is 8.66. The summed E-state index contributed by atoms with van der Waals surface area (Å²) in [6.07, 6.45) is 3.42. The molecule has 1 aliphatic rings. The van der Waals surface area contributed by atoms with E-state index in [4.69, 9.17) is 4.74 Å². The molecule has 1 atom stereocenters. The fourth-order valence-corrected chi connectivity index (χ4v) is 1.56. The second kappa shape index (κ2) is 5.78. The van der Waals surface area contributed by atoms with Crippen molar-refractivity contribution in [3.05, 3.63) is 12.7 Å². The molecular formula is C10H18N2O2. The van der Waals surface area contributed by atoms with E-state index in [1.807, 2.05) is 5.01 Å². The van der Waals surface area contributed by atoms with Crippen molar-refractivity contribution in [2.24, 2.45) is 0 Å². The second-order valence-electron chi connectivity index (χ2n) is 3.39. The predicted molar refractivity (Wildman–Crippen MR) is 54.6 cm³/mol. The Morgan fingerprint density at radius 2 is 2.57 bits per heavy atom. The minimum absolute atomic E-state index is 0.145. The van der Waals surface area contributed by atoms with E-state index < -0.39 is 0 Å². The van der Waals surface area contributed by atoms with E-state index in [2.05, 4.69) is 18.9 Å². The first kappa shape index (κ1) is 11.2.